The number of alkyl halides is 1. The summed E-state index contributed by atoms with van der Waals surface area (Å²) in [5.41, 5.74) is 0. The molecule has 2 atom stereocenters. The predicted molar refractivity (Wildman–Crippen MR) is 83.4 cm³/mol. The molecule has 1 saturated heterocycles. The summed E-state index contributed by atoms with van der Waals surface area (Å²) in [5.74, 6) is -0.184. The molecule has 1 aliphatic heterocycles. The summed E-state index contributed by atoms with van der Waals surface area (Å²) in [6, 6.07) is 0. The second kappa shape index (κ2) is 8.76. The minimum Gasteiger partial charge on any atom is -0.447 e. The average molecular weight is 381 g/mol. The van der Waals surface area contributed by atoms with Crippen LogP contribution in [0, 0.1) is 5.92 Å². The summed E-state index contributed by atoms with van der Waals surface area (Å²) < 4.78 is 5.30. The molecular weight excluding hydrogens is 357 g/mol. The molecule has 2 amide bonds. The van der Waals surface area contributed by atoms with Gasteiger partial charge in [-0.15, -0.1) is 0 Å². The Labute approximate surface area is 129 Å². The smallest absolute Gasteiger partial charge is 0.416 e. The van der Waals surface area contributed by atoms with Crippen molar-refractivity contribution in [2.45, 2.75) is 56.3 Å². The van der Waals surface area contributed by atoms with Crippen LogP contribution in [-0.4, -0.2) is 34.0 Å². The van der Waals surface area contributed by atoms with Crippen LogP contribution in [0.15, 0.2) is 0 Å². The van der Waals surface area contributed by atoms with E-state index >= 15 is 0 Å². The van der Waals surface area contributed by atoms with Crippen molar-refractivity contribution in [1.29, 1.82) is 0 Å². The Bertz CT molecular complexity index is 309. The van der Waals surface area contributed by atoms with Gasteiger partial charge in [0, 0.05) is 9.84 Å². The van der Waals surface area contributed by atoms with E-state index in [1.807, 2.05) is 6.92 Å². The van der Waals surface area contributed by atoms with Gasteiger partial charge in [0.2, 0.25) is 5.91 Å². The topological polar surface area (TPSA) is 46.6 Å². The van der Waals surface area contributed by atoms with Crippen LogP contribution in [0.25, 0.3) is 0 Å². The monoisotopic (exact) mass is 381 g/mol. The molecule has 0 N–H and O–H groups in total. The molecule has 1 aliphatic rings. The standard InChI is InChI=1S/C14H24INO3/c1-3-4-5-6-7-12(15)10-11(2)13(17)16-8-9-19-14(16)18/h11-12H,3-10H2,1-2H3. The zero-order chi connectivity index (χ0) is 14.3. The molecular formula is C14H24INO3. The molecule has 1 heterocycles. The van der Waals surface area contributed by atoms with E-state index in [-0.39, 0.29) is 11.8 Å². The molecule has 0 saturated carbocycles. The van der Waals surface area contributed by atoms with Crippen molar-refractivity contribution in [1.82, 2.24) is 4.90 Å². The van der Waals surface area contributed by atoms with Crippen molar-refractivity contribution < 1.29 is 14.3 Å². The van der Waals surface area contributed by atoms with Gasteiger partial charge in [-0.25, -0.2) is 9.69 Å². The normalized spacial score (nSPS) is 18.3. The van der Waals surface area contributed by atoms with Crippen molar-refractivity contribution in [2.75, 3.05) is 13.2 Å². The van der Waals surface area contributed by atoms with Gasteiger partial charge in [-0.1, -0.05) is 62.1 Å². The number of carbonyl (C=O) groups is 2. The van der Waals surface area contributed by atoms with Crippen molar-refractivity contribution in [3.05, 3.63) is 0 Å². The SMILES string of the molecule is CCCCCCC(I)CC(C)C(=O)N1CCOC1=O. The summed E-state index contributed by atoms with van der Waals surface area (Å²) in [6.07, 6.45) is 6.56. The lowest BCUT2D eigenvalue weighted by molar-refractivity contribution is -0.131. The number of carbonyl (C=O) groups excluding carboxylic acids is 2. The van der Waals surface area contributed by atoms with Gasteiger partial charge in [0.05, 0.1) is 6.54 Å². The number of hydrogen-bond acceptors (Lipinski definition) is 3. The highest BCUT2D eigenvalue weighted by molar-refractivity contribution is 14.1. The molecule has 0 aromatic rings. The van der Waals surface area contributed by atoms with Crippen LogP contribution in [-0.2, 0) is 9.53 Å². The van der Waals surface area contributed by atoms with Crippen LogP contribution < -0.4 is 0 Å². The fourth-order valence-corrected chi connectivity index (χ4v) is 3.46. The Morgan fingerprint density at radius 3 is 2.74 bits per heavy atom. The summed E-state index contributed by atoms with van der Waals surface area (Å²) in [5, 5.41) is 0. The molecule has 0 aromatic carbocycles. The van der Waals surface area contributed by atoms with Crippen LogP contribution in [0.3, 0.4) is 0 Å². The molecule has 0 radical (unpaired) electrons. The lowest BCUT2D eigenvalue weighted by Crippen LogP contribution is -2.36. The minimum atomic E-state index is -0.482. The number of amides is 2. The number of rotatable bonds is 8. The third-order valence-corrected chi connectivity index (χ3v) is 4.56. The molecule has 1 rings (SSSR count). The second-order valence-corrected chi connectivity index (χ2v) is 6.95. The second-order valence-electron chi connectivity index (χ2n) is 5.19. The average Bonchev–Trinajstić information content (AvgIpc) is 2.80. The first-order valence-electron chi connectivity index (χ1n) is 7.18. The van der Waals surface area contributed by atoms with Crippen LogP contribution >= 0.6 is 22.6 Å². The highest BCUT2D eigenvalue weighted by atomic mass is 127. The number of cyclic esters (lactones) is 1. The molecule has 0 aliphatic carbocycles. The van der Waals surface area contributed by atoms with Gasteiger partial charge < -0.3 is 4.74 Å². The zero-order valence-electron chi connectivity index (χ0n) is 11.9. The zero-order valence-corrected chi connectivity index (χ0v) is 14.0. The lowest BCUT2D eigenvalue weighted by Gasteiger charge is -2.19. The van der Waals surface area contributed by atoms with Gasteiger partial charge in [0.1, 0.15) is 6.61 Å². The first kappa shape index (κ1) is 16.7. The maximum Gasteiger partial charge on any atom is 0.416 e. The molecule has 0 aromatic heterocycles. The van der Waals surface area contributed by atoms with Gasteiger partial charge in [0.25, 0.3) is 0 Å². The summed E-state index contributed by atoms with van der Waals surface area (Å²) in [6.45, 7) is 4.86. The van der Waals surface area contributed by atoms with Crippen molar-refractivity contribution in [3.8, 4) is 0 Å². The van der Waals surface area contributed by atoms with Crippen LogP contribution in [0.1, 0.15) is 52.4 Å². The predicted octanol–water partition coefficient (Wildman–Crippen LogP) is 3.77. The number of ether oxygens (including phenoxy) is 1. The number of unbranched alkanes of at least 4 members (excludes halogenated alkanes) is 3. The number of hydrogen-bond donors (Lipinski definition) is 0. The summed E-state index contributed by atoms with van der Waals surface area (Å²) >= 11 is 2.42. The van der Waals surface area contributed by atoms with E-state index in [1.165, 1.54) is 30.6 Å². The van der Waals surface area contributed by atoms with Crippen LogP contribution in [0.4, 0.5) is 4.79 Å². The van der Waals surface area contributed by atoms with Gasteiger partial charge in [0.15, 0.2) is 0 Å². The Morgan fingerprint density at radius 1 is 1.42 bits per heavy atom. The Hall–Kier alpha value is -0.330. The maximum atomic E-state index is 12.1. The third kappa shape index (κ3) is 5.67. The highest BCUT2D eigenvalue weighted by Gasteiger charge is 2.32. The number of nitrogens with zero attached hydrogens (tertiary/aromatic N) is 1. The maximum absolute atomic E-state index is 12.1. The van der Waals surface area contributed by atoms with Crippen molar-refractivity contribution in [2.24, 2.45) is 5.92 Å². The molecule has 19 heavy (non-hydrogen) atoms. The number of halogens is 1. The molecule has 5 heteroatoms. The lowest BCUT2D eigenvalue weighted by atomic mass is 10.0. The summed E-state index contributed by atoms with van der Waals surface area (Å²) in [7, 11) is 0. The minimum absolute atomic E-state index is 0.0854. The van der Waals surface area contributed by atoms with Crippen molar-refractivity contribution >= 4 is 34.6 Å². The van der Waals surface area contributed by atoms with E-state index in [9.17, 15) is 9.59 Å². The Balaban J connectivity index is 2.27. The molecule has 2 unspecified atom stereocenters. The van der Waals surface area contributed by atoms with Gasteiger partial charge in [-0.05, 0) is 12.8 Å². The Kier molecular flexibility index (Phi) is 7.71. The fraction of sp³-hybridized carbons (Fsp3) is 0.857. The first-order valence-corrected chi connectivity index (χ1v) is 8.43. The molecule has 4 nitrogen and oxygen atoms in total. The van der Waals surface area contributed by atoms with E-state index < -0.39 is 6.09 Å². The molecule has 0 spiro atoms. The largest absolute Gasteiger partial charge is 0.447 e. The molecule has 0 bridgehead atoms. The molecule has 1 fully saturated rings. The summed E-state index contributed by atoms with van der Waals surface area (Å²) in [4.78, 5) is 24.7. The number of imide groups is 1. The quantitative estimate of drug-likeness (QED) is 0.365. The van der Waals surface area contributed by atoms with E-state index in [0.29, 0.717) is 17.1 Å². The van der Waals surface area contributed by atoms with Gasteiger partial charge in [-0.3, -0.25) is 4.79 Å². The van der Waals surface area contributed by atoms with Crippen molar-refractivity contribution in [3.63, 3.8) is 0 Å². The highest BCUT2D eigenvalue weighted by Crippen LogP contribution is 2.22. The van der Waals surface area contributed by atoms with Gasteiger partial charge >= 0.3 is 6.09 Å². The first-order chi connectivity index (χ1) is 9.06. The van der Waals surface area contributed by atoms with E-state index in [4.69, 9.17) is 4.74 Å². The van der Waals surface area contributed by atoms with E-state index in [1.54, 1.807) is 0 Å². The van der Waals surface area contributed by atoms with Gasteiger partial charge in [-0.2, -0.15) is 0 Å². The van der Waals surface area contributed by atoms with Crippen LogP contribution in [0.2, 0.25) is 0 Å². The molecule has 110 valence electrons. The fourth-order valence-electron chi connectivity index (χ4n) is 2.25. The van der Waals surface area contributed by atoms with E-state index in [2.05, 4.69) is 29.5 Å². The third-order valence-electron chi connectivity index (χ3n) is 3.43. The van der Waals surface area contributed by atoms with E-state index in [0.717, 1.165) is 12.8 Å². The van der Waals surface area contributed by atoms with Crippen LogP contribution in [0.5, 0.6) is 0 Å². The Morgan fingerprint density at radius 2 is 2.16 bits per heavy atom.